The van der Waals surface area contributed by atoms with Gasteiger partial charge in [-0.15, -0.1) is 0 Å². The molecule has 1 N–H and O–H groups in total. The molecule has 20 heavy (non-hydrogen) atoms. The molecular formula is C14H10BrNO4. The van der Waals surface area contributed by atoms with E-state index < -0.39 is 12.1 Å². The third-order valence-electron chi connectivity index (χ3n) is 2.60. The Balaban J connectivity index is 2.21. The molecular weight excluding hydrogens is 326 g/mol. The molecule has 0 saturated carbocycles. The molecule has 0 bridgehead atoms. The van der Waals surface area contributed by atoms with Crippen LogP contribution in [-0.2, 0) is 0 Å². The first-order chi connectivity index (χ1) is 9.51. The Bertz CT molecular complexity index is 687. The van der Waals surface area contributed by atoms with Gasteiger partial charge in [0, 0.05) is 4.47 Å². The highest BCUT2D eigenvalue weighted by Crippen LogP contribution is 2.28. The molecule has 102 valence electrons. The van der Waals surface area contributed by atoms with E-state index in [2.05, 4.69) is 15.9 Å². The molecule has 0 fully saturated rings. The topological polar surface area (TPSA) is 83.5 Å². The lowest BCUT2D eigenvalue weighted by molar-refractivity contribution is 0.0655. The summed E-state index contributed by atoms with van der Waals surface area (Å²) in [5.41, 5.74) is 0.385. The number of ether oxygens (including phenoxy) is 1. The van der Waals surface area contributed by atoms with Gasteiger partial charge >= 0.3 is 5.97 Å². The summed E-state index contributed by atoms with van der Waals surface area (Å²) >= 11 is 3.28. The van der Waals surface area contributed by atoms with Crippen molar-refractivity contribution in [2.75, 3.05) is 0 Å². The molecule has 0 aliphatic rings. The first kappa shape index (κ1) is 14.2. The van der Waals surface area contributed by atoms with Crippen LogP contribution in [0.2, 0.25) is 0 Å². The standard InChI is InChI=1S/C14H10BrNO4/c1-8(11-4-5-13(20-11)14(17)18)19-12-3-2-10(15)6-9(12)7-16/h2-6,8H,1H3,(H,17,18). The van der Waals surface area contributed by atoms with E-state index in [1.165, 1.54) is 6.07 Å². The van der Waals surface area contributed by atoms with Crippen LogP contribution in [0.4, 0.5) is 0 Å². The normalized spacial score (nSPS) is 11.7. The first-order valence-electron chi connectivity index (χ1n) is 5.70. The van der Waals surface area contributed by atoms with Crippen molar-refractivity contribution in [3.05, 3.63) is 51.9 Å². The molecule has 2 rings (SSSR count). The van der Waals surface area contributed by atoms with E-state index in [9.17, 15) is 4.79 Å². The summed E-state index contributed by atoms with van der Waals surface area (Å²) in [7, 11) is 0. The Kier molecular flexibility index (Phi) is 4.11. The molecule has 1 unspecified atom stereocenters. The van der Waals surface area contributed by atoms with Crippen LogP contribution in [-0.4, -0.2) is 11.1 Å². The SMILES string of the molecule is CC(Oc1ccc(Br)cc1C#N)c1ccc(C(=O)O)o1. The molecule has 1 aromatic heterocycles. The number of furan rings is 1. The van der Waals surface area contributed by atoms with Crippen molar-refractivity contribution in [1.82, 2.24) is 0 Å². The van der Waals surface area contributed by atoms with Gasteiger partial charge in [-0.1, -0.05) is 15.9 Å². The summed E-state index contributed by atoms with van der Waals surface area (Å²) in [6.07, 6.45) is -0.503. The van der Waals surface area contributed by atoms with Crippen molar-refractivity contribution in [3.63, 3.8) is 0 Å². The smallest absolute Gasteiger partial charge is 0.371 e. The molecule has 5 nitrogen and oxygen atoms in total. The molecule has 0 radical (unpaired) electrons. The van der Waals surface area contributed by atoms with Gasteiger partial charge in [0.15, 0.2) is 6.10 Å². The fourth-order valence-electron chi connectivity index (χ4n) is 1.63. The molecule has 0 amide bonds. The van der Waals surface area contributed by atoms with Crippen LogP contribution in [0.3, 0.4) is 0 Å². The second-order valence-electron chi connectivity index (χ2n) is 4.02. The summed E-state index contributed by atoms with van der Waals surface area (Å²) in [6, 6.07) is 10.0. The van der Waals surface area contributed by atoms with Crippen molar-refractivity contribution in [3.8, 4) is 11.8 Å². The van der Waals surface area contributed by atoms with Gasteiger partial charge in [-0.2, -0.15) is 5.26 Å². The highest BCUT2D eigenvalue weighted by Gasteiger charge is 2.16. The van der Waals surface area contributed by atoms with E-state index in [1.54, 1.807) is 31.2 Å². The predicted molar refractivity (Wildman–Crippen MR) is 73.6 cm³/mol. The average Bonchev–Trinajstić information content (AvgIpc) is 2.90. The van der Waals surface area contributed by atoms with Crippen LogP contribution in [0.5, 0.6) is 5.75 Å². The lowest BCUT2D eigenvalue weighted by atomic mass is 10.2. The molecule has 0 aliphatic carbocycles. The van der Waals surface area contributed by atoms with Gasteiger partial charge in [0.1, 0.15) is 17.6 Å². The zero-order valence-electron chi connectivity index (χ0n) is 10.5. The number of carboxylic acids is 1. The summed E-state index contributed by atoms with van der Waals surface area (Å²) in [5.74, 6) is -0.484. The summed E-state index contributed by atoms with van der Waals surface area (Å²) in [5, 5.41) is 17.9. The van der Waals surface area contributed by atoms with Gasteiger partial charge in [-0.25, -0.2) is 4.79 Å². The predicted octanol–water partition coefficient (Wildman–Crippen LogP) is 3.75. The number of halogens is 1. The van der Waals surface area contributed by atoms with Gasteiger partial charge in [0.25, 0.3) is 0 Å². The summed E-state index contributed by atoms with van der Waals surface area (Å²) in [4.78, 5) is 10.8. The van der Waals surface area contributed by atoms with Crippen molar-refractivity contribution in [2.24, 2.45) is 0 Å². The highest BCUT2D eigenvalue weighted by molar-refractivity contribution is 9.10. The number of carboxylic acid groups (broad SMARTS) is 1. The summed E-state index contributed by atoms with van der Waals surface area (Å²) < 4.78 is 11.6. The van der Waals surface area contributed by atoms with E-state index in [1.807, 2.05) is 6.07 Å². The van der Waals surface area contributed by atoms with Gasteiger partial charge in [-0.3, -0.25) is 0 Å². The zero-order valence-corrected chi connectivity index (χ0v) is 12.0. The van der Waals surface area contributed by atoms with Crippen LogP contribution in [0, 0.1) is 11.3 Å². The zero-order chi connectivity index (χ0) is 14.7. The first-order valence-corrected chi connectivity index (χ1v) is 6.50. The van der Waals surface area contributed by atoms with Gasteiger partial charge in [0.05, 0.1) is 5.56 Å². The maximum atomic E-state index is 10.8. The van der Waals surface area contributed by atoms with Crippen LogP contribution in [0.25, 0.3) is 0 Å². The third kappa shape index (κ3) is 3.00. The van der Waals surface area contributed by atoms with E-state index in [0.29, 0.717) is 17.1 Å². The van der Waals surface area contributed by atoms with Crippen LogP contribution in [0.1, 0.15) is 34.9 Å². The number of carbonyl (C=O) groups is 1. The van der Waals surface area contributed by atoms with Crippen LogP contribution in [0.15, 0.2) is 39.2 Å². The molecule has 2 aromatic rings. The van der Waals surface area contributed by atoms with E-state index in [0.717, 1.165) is 4.47 Å². The molecule has 1 atom stereocenters. The monoisotopic (exact) mass is 335 g/mol. The third-order valence-corrected chi connectivity index (χ3v) is 3.10. The van der Waals surface area contributed by atoms with Crippen LogP contribution >= 0.6 is 15.9 Å². The molecule has 0 aliphatic heterocycles. The van der Waals surface area contributed by atoms with E-state index in [-0.39, 0.29) is 5.76 Å². The van der Waals surface area contributed by atoms with E-state index >= 15 is 0 Å². The second-order valence-corrected chi connectivity index (χ2v) is 4.94. The number of nitrogens with zero attached hydrogens (tertiary/aromatic N) is 1. The van der Waals surface area contributed by atoms with Crippen LogP contribution < -0.4 is 4.74 Å². The Hall–Kier alpha value is -2.26. The lowest BCUT2D eigenvalue weighted by Gasteiger charge is -2.13. The maximum absolute atomic E-state index is 10.8. The fraction of sp³-hybridized carbons (Fsp3) is 0.143. The lowest BCUT2D eigenvalue weighted by Crippen LogP contribution is -2.03. The van der Waals surface area contributed by atoms with Gasteiger partial charge in [0.2, 0.25) is 5.76 Å². The number of benzene rings is 1. The summed E-state index contributed by atoms with van der Waals surface area (Å²) in [6.45, 7) is 1.72. The quantitative estimate of drug-likeness (QED) is 0.919. The second kappa shape index (κ2) is 5.80. The molecule has 1 heterocycles. The number of hydrogen-bond donors (Lipinski definition) is 1. The Morgan fingerprint density at radius 2 is 2.20 bits per heavy atom. The number of rotatable bonds is 4. The number of aromatic carboxylic acids is 1. The van der Waals surface area contributed by atoms with Crippen molar-refractivity contribution in [2.45, 2.75) is 13.0 Å². The molecule has 6 heteroatoms. The largest absolute Gasteiger partial charge is 0.481 e. The van der Waals surface area contributed by atoms with E-state index in [4.69, 9.17) is 19.5 Å². The minimum absolute atomic E-state index is 0.147. The minimum atomic E-state index is -1.13. The fourth-order valence-corrected chi connectivity index (χ4v) is 1.99. The van der Waals surface area contributed by atoms with Gasteiger partial charge in [-0.05, 0) is 37.3 Å². The maximum Gasteiger partial charge on any atom is 0.371 e. The molecule has 1 aromatic carbocycles. The number of hydrogen-bond acceptors (Lipinski definition) is 4. The molecule has 0 saturated heterocycles. The molecule has 0 spiro atoms. The Morgan fingerprint density at radius 1 is 1.45 bits per heavy atom. The highest BCUT2D eigenvalue weighted by atomic mass is 79.9. The Labute approximate surface area is 123 Å². The van der Waals surface area contributed by atoms with Crippen molar-refractivity contribution in [1.29, 1.82) is 5.26 Å². The Morgan fingerprint density at radius 3 is 2.80 bits per heavy atom. The average molecular weight is 336 g/mol. The van der Waals surface area contributed by atoms with Gasteiger partial charge < -0.3 is 14.3 Å². The number of nitriles is 1. The minimum Gasteiger partial charge on any atom is -0.481 e. The van der Waals surface area contributed by atoms with Crippen molar-refractivity contribution < 1.29 is 19.1 Å². The van der Waals surface area contributed by atoms with Crippen molar-refractivity contribution >= 4 is 21.9 Å².